The number of aliphatic hydroxyl groups excluding tert-OH is 3. The average Bonchev–Trinajstić information content (AvgIpc) is 2.76. The number of hydrogen-bond donors (Lipinski definition) is 4. The summed E-state index contributed by atoms with van der Waals surface area (Å²) >= 11 is 0. The van der Waals surface area contributed by atoms with Crippen LogP contribution in [0.15, 0.2) is 23.8 Å². The van der Waals surface area contributed by atoms with Gasteiger partial charge >= 0.3 is 11.9 Å². The summed E-state index contributed by atoms with van der Waals surface area (Å²) in [4.78, 5) is 22.5. The van der Waals surface area contributed by atoms with E-state index in [1.165, 1.54) is 6.08 Å². The summed E-state index contributed by atoms with van der Waals surface area (Å²) in [5.74, 6) is -1.40. The fourth-order valence-electron chi connectivity index (χ4n) is 3.84. The highest BCUT2D eigenvalue weighted by molar-refractivity contribution is 5.82. The van der Waals surface area contributed by atoms with Gasteiger partial charge in [0.15, 0.2) is 0 Å². The highest BCUT2D eigenvalue weighted by Crippen LogP contribution is 2.27. The van der Waals surface area contributed by atoms with Crippen LogP contribution in [-0.4, -0.2) is 70.0 Å². The number of ether oxygens (including phenoxy) is 2. The lowest BCUT2D eigenvalue weighted by Crippen LogP contribution is -2.50. The molecule has 6 atom stereocenters. The molecule has 1 fully saturated rings. The van der Waals surface area contributed by atoms with Gasteiger partial charge in [0.1, 0.15) is 6.10 Å². The number of hydrogen-bond acceptors (Lipinski definition) is 7. The van der Waals surface area contributed by atoms with Gasteiger partial charge in [0.25, 0.3) is 0 Å². The lowest BCUT2D eigenvalue weighted by molar-refractivity contribution is -0.162. The summed E-state index contributed by atoms with van der Waals surface area (Å²) in [5, 5.41) is 39.1. The molecule has 4 N–H and O–H groups in total. The van der Waals surface area contributed by atoms with Crippen LogP contribution in [0.2, 0.25) is 0 Å². The van der Waals surface area contributed by atoms with Crippen molar-refractivity contribution in [3.05, 3.63) is 23.8 Å². The quantitative estimate of drug-likeness (QED) is 0.113. The Morgan fingerprint density at radius 1 is 1.06 bits per heavy atom. The molecule has 0 saturated carbocycles. The molecule has 1 heterocycles. The molecular formula is C26H44O8. The van der Waals surface area contributed by atoms with Crippen LogP contribution < -0.4 is 0 Å². The number of aliphatic carboxylic acids is 1. The molecule has 6 unspecified atom stereocenters. The molecule has 0 aliphatic carbocycles. The molecule has 1 aliphatic rings. The molecule has 196 valence electrons. The van der Waals surface area contributed by atoms with Crippen molar-refractivity contribution in [1.82, 2.24) is 0 Å². The molecule has 0 bridgehead atoms. The molecule has 1 saturated heterocycles. The van der Waals surface area contributed by atoms with Gasteiger partial charge in [0.05, 0.1) is 31.5 Å². The summed E-state index contributed by atoms with van der Waals surface area (Å²) in [6.45, 7) is 6.05. The number of esters is 1. The van der Waals surface area contributed by atoms with E-state index in [0.717, 1.165) is 32.1 Å². The largest absolute Gasteiger partial charge is 0.481 e. The van der Waals surface area contributed by atoms with Gasteiger partial charge in [-0.15, -0.1) is 0 Å². The normalized spacial score (nSPS) is 25.3. The Labute approximate surface area is 203 Å². The Kier molecular flexibility index (Phi) is 15.0. The molecule has 0 amide bonds. The number of carbonyl (C=O) groups excluding carboxylic acids is 1. The highest BCUT2D eigenvalue weighted by atomic mass is 16.5. The van der Waals surface area contributed by atoms with E-state index in [0.29, 0.717) is 38.0 Å². The topological polar surface area (TPSA) is 134 Å². The van der Waals surface area contributed by atoms with E-state index in [1.807, 2.05) is 19.1 Å². The molecule has 0 spiro atoms. The van der Waals surface area contributed by atoms with Crippen LogP contribution in [0.4, 0.5) is 0 Å². The van der Waals surface area contributed by atoms with Gasteiger partial charge in [-0.25, -0.2) is 4.79 Å². The average molecular weight is 485 g/mol. The molecule has 0 radical (unpaired) electrons. The highest BCUT2D eigenvalue weighted by Gasteiger charge is 2.37. The third kappa shape index (κ3) is 12.6. The van der Waals surface area contributed by atoms with Crippen molar-refractivity contribution in [3.63, 3.8) is 0 Å². The first-order chi connectivity index (χ1) is 16.1. The van der Waals surface area contributed by atoms with E-state index < -0.39 is 36.4 Å². The van der Waals surface area contributed by atoms with Crippen LogP contribution in [0.3, 0.4) is 0 Å². The fourth-order valence-corrected chi connectivity index (χ4v) is 3.84. The van der Waals surface area contributed by atoms with Gasteiger partial charge in [0.2, 0.25) is 0 Å². The van der Waals surface area contributed by atoms with E-state index in [9.17, 15) is 24.9 Å². The number of carbonyl (C=O) groups is 2. The number of carboxylic acid groups (broad SMARTS) is 1. The number of unbranched alkanes of at least 4 members (excludes halogenated alkanes) is 5. The standard InChI is InChI=1S/C26H44O8/c1-18(16-24(30)33-14-9-7-5-4-6-8-13-23(28)29)15-22-26(32)25(31)21(17-34-22)12-10-11-19(2)20(3)27/h10-11,16,19-22,25-27,31-32H,4-9,12-15,17H2,1-3H3,(H,28,29)/b11-10+,18-16+. The Bertz CT molecular complexity index is 657. The van der Waals surface area contributed by atoms with Crippen LogP contribution in [0, 0.1) is 11.8 Å². The molecular weight excluding hydrogens is 440 g/mol. The summed E-state index contributed by atoms with van der Waals surface area (Å²) in [6.07, 6.45) is 8.56. The number of allylic oxidation sites excluding steroid dienone is 1. The zero-order valence-corrected chi connectivity index (χ0v) is 20.9. The molecule has 1 rings (SSSR count). The first-order valence-electron chi connectivity index (χ1n) is 12.5. The van der Waals surface area contributed by atoms with Gasteiger partial charge in [-0.2, -0.15) is 0 Å². The predicted octanol–water partition coefficient (Wildman–Crippen LogP) is 3.38. The van der Waals surface area contributed by atoms with Gasteiger partial charge < -0.3 is 29.9 Å². The van der Waals surface area contributed by atoms with Crippen LogP contribution in [0.5, 0.6) is 0 Å². The summed E-state index contributed by atoms with van der Waals surface area (Å²) in [5.41, 5.74) is 0.712. The smallest absolute Gasteiger partial charge is 0.330 e. The van der Waals surface area contributed by atoms with E-state index in [1.54, 1.807) is 13.8 Å². The maximum absolute atomic E-state index is 12.0. The van der Waals surface area contributed by atoms with Gasteiger partial charge in [0, 0.05) is 18.4 Å². The summed E-state index contributed by atoms with van der Waals surface area (Å²) in [7, 11) is 0. The molecule has 34 heavy (non-hydrogen) atoms. The van der Waals surface area contributed by atoms with Crippen molar-refractivity contribution in [2.75, 3.05) is 13.2 Å². The van der Waals surface area contributed by atoms with E-state index in [4.69, 9.17) is 14.6 Å². The second kappa shape index (κ2) is 16.8. The fraction of sp³-hybridized carbons (Fsp3) is 0.769. The number of rotatable bonds is 16. The van der Waals surface area contributed by atoms with Crippen molar-refractivity contribution < 1.29 is 39.5 Å². The molecule has 0 aromatic carbocycles. The Balaban J connectivity index is 2.28. The van der Waals surface area contributed by atoms with Gasteiger partial charge in [-0.1, -0.05) is 50.3 Å². The van der Waals surface area contributed by atoms with Crippen LogP contribution >= 0.6 is 0 Å². The van der Waals surface area contributed by atoms with Crippen LogP contribution in [-0.2, 0) is 19.1 Å². The van der Waals surface area contributed by atoms with Crippen molar-refractivity contribution >= 4 is 11.9 Å². The van der Waals surface area contributed by atoms with Crippen molar-refractivity contribution in [2.24, 2.45) is 11.8 Å². The van der Waals surface area contributed by atoms with E-state index in [-0.39, 0.29) is 18.3 Å². The lowest BCUT2D eigenvalue weighted by Gasteiger charge is -2.37. The Morgan fingerprint density at radius 3 is 2.35 bits per heavy atom. The number of aliphatic hydroxyl groups is 3. The minimum Gasteiger partial charge on any atom is -0.481 e. The first-order valence-corrected chi connectivity index (χ1v) is 12.5. The Hall–Kier alpha value is -1.74. The van der Waals surface area contributed by atoms with Gasteiger partial charge in [-0.05, 0) is 45.4 Å². The van der Waals surface area contributed by atoms with Crippen LogP contribution in [0.25, 0.3) is 0 Å². The maximum atomic E-state index is 12.0. The molecule has 8 nitrogen and oxygen atoms in total. The monoisotopic (exact) mass is 484 g/mol. The minimum absolute atomic E-state index is 0.0160. The molecule has 8 heteroatoms. The molecule has 0 aromatic rings. The third-order valence-electron chi connectivity index (χ3n) is 6.29. The third-order valence-corrected chi connectivity index (χ3v) is 6.29. The van der Waals surface area contributed by atoms with Crippen molar-refractivity contribution in [1.29, 1.82) is 0 Å². The zero-order valence-electron chi connectivity index (χ0n) is 20.9. The Morgan fingerprint density at radius 2 is 1.71 bits per heavy atom. The second-order valence-electron chi connectivity index (χ2n) is 9.50. The minimum atomic E-state index is -1.05. The zero-order chi connectivity index (χ0) is 25.5. The lowest BCUT2D eigenvalue weighted by atomic mass is 9.87. The maximum Gasteiger partial charge on any atom is 0.330 e. The van der Waals surface area contributed by atoms with Crippen molar-refractivity contribution in [2.45, 2.75) is 103 Å². The van der Waals surface area contributed by atoms with Crippen LogP contribution in [0.1, 0.15) is 78.6 Å². The van der Waals surface area contributed by atoms with E-state index >= 15 is 0 Å². The first kappa shape index (κ1) is 30.3. The van der Waals surface area contributed by atoms with Gasteiger partial charge in [-0.3, -0.25) is 4.79 Å². The summed E-state index contributed by atoms with van der Waals surface area (Å²) < 4.78 is 11.0. The SMILES string of the molecule is C/C(=C\C(=O)OCCCCCCCCC(=O)O)CC1OCC(C/C=C/C(C)C(C)O)C(O)C1O. The molecule has 0 aromatic heterocycles. The van der Waals surface area contributed by atoms with E-state index in [2.05, 4.69) is 0 Å². The second-order valence-corrected chi connectivity index (χ2v) is 9.50. The number of carboxylic acids is 1. The molecule has 1 aliphatic heterocycles. The van der Waals surface area contributed by atoms with Crippen molar-refractivity contribution in [3.8, 4) is 0 Å². The predicted molar refractivity (Wildman–Crippen MR) is 129 cm³/mol. The summed E-state index contributed by atoms with van der Waals surface area (Å²) in [6, 6.07) is 0.